The van der Waals surface area contributed by atoms with Crippen molar-refractivity contribution in [1.82, 2.24) is 0 Å². The van der Waals surface area contributed by atoms with E-state index in [4.69, 9.17) is 21.1 Å². The number of benzene rings is 2. The summed E-state index contributed by atoms with van der Waals surface area (Å²) in [5, 5.41) is 0. The van der Waals surface area contributed by atoms with Gasteiger partial charge in [0.2, 0.25) is 0 Å². The minimum atomic E-state index is 0.449. The van der Waals surface area contributed by atoms with Gasteiger partial charge >= 0.3 is 0 Å². The lowest BCUT2D eigenvalue weighted by Crippen LogP contribution is -2.04. The summed E-state index contributed by atoms with van der Waals surface area (Å²) in [6.07, 6.45) is 1.88. The lowest BCUT2D eigenvalue weighted by molar-refractivity contribution is 0.317. The molecule has 0 saturated heterocycles. The van der Waals surface area contributed by atoms with Crippen LogP contribution in [-0.4, -0.2) is 13.2 Å². The third-order valence-electron chi connectivity index (χ3n) is 3.58. The van der Waals surface area contributed by atoms with E-state index in [1.807, 2.05) is 18.2 Å². The molecule has 0 saturated carbocycles. The summed E-state index contributed by atoms with van der Waals surface area (Å²) >= 11 is 9.46. The molecule has 0 unspecified atom stereocenters. The molecule has 1 heterocycles. The van der Waals surface area contributed by atoms with Crippen LogP contribution in [0.1, 0.15) is 16.7 Å². The van der Waals surface area contributed by atoms with Crippen LogP contribution < -0.4 is 9.47 Å². The van der Waals surface area contributed by atoms with Crippen molar-refractivity contribution in [2.75, 3.05) is 13.2 Å². The first-order valence-electron chi connectivity index (χ1n) is 6.98. The minimum absolute atomic E-state index is 0.449. The average molecular weight is 368 g/mol. The van der Waals surface area contributed by atoms with E-state index >= 15 is 0 Å². The molecule has 1 aliphatic heterocycles. The molecule has 0 bridgehead atoms. The van der Waals surface area contributed by atoms with E-state index in [1.54, 1.807) is 0 Å². The lowest BCUT2D eigenvalue weighted by atomic mass is 10.1. The zero-order valence-electron chi connectivity index (χ0n) is 11.6. The second-order valence-electron chi connectivity index (χ2n) is 5.00. The van der Waals surface area contributed by atoms with E-state index < -0.39 is 0 Å². The molecule has 2 aromatic rings. The van der Waals surface area contributed by atoms with Crippen molar-refractivity contribution in [3.63, 3.8) is 0 Å². The number of alkyl halides is 1. The number of fused-ring (bicyclic) bond motifs is 1. The minimum Gasteiger partial charge on any atom is -0.493 e. The van der Waals surface area contributed by atoms with Crippen LogP contribution in [0.2, 0.25) is 0 Å². The summed E-state index contributed by atoms with van der Waals surface area (Å²) in [4.78, 5) is 0. The van der Waals surface area contributed by atoms with Crippen molar-refractivity contribution < 1.29 is 9.47 Å². The molecular formula is C17H16BrClO2. The van der Waals surface area contributed by atoms with Gasteiger partial charge < -0.3 is 9.47 Å². The van der Waals surface area contributed by atoms with Gasteiger partial charge in [-0.15, -0.1) is 11.6 Å². The summed E-state index contributed by atoms with van der Waals surface area (Å²) in [5.41, 5.74) is 3.59. The quantitative estimate of drug-likeness (QED) is 0.710. The summed E-state index contributed by atoms with van der Waals surface area (Å²) in [5.74, 6) is 2.32. The van der Waals surface area contributed by atoms with Crippen molar-refractivity contribution >= 4 is 27.5 Å². The Balaban J connectivity index is 1.64. The molecule has 0 amide bonds. The first-order valence-corrected chi connectivity index (χ1v) is 8.31. The smallest absolute Gasteiger partial charge is 0.137 e. The van der Waals surface area contributed by atoms with Crippen molar-refractivity contribution in [3.8, 4) is 11.5 Å². The SMILES string of the molecule is ClCc1cccc(Br)c1OCCc1ccc2c(c1)CCO2. The normalized spacial score (nSPS) is 12.9. The van der Waals surface area contributed by atoms with Crippen LogP contribution in [0.3, 0.4) is 0 Å². The highest BCUT2D eigenvalue weighted by Crippen LogP contribution is 2.30. The van der Waals surface area contributed by atoms with Crippen LogP contribution in [0.25, 0.3) is 0 Å². The van der Waals surface area contributed by atoms with E-state index in [2.05, 4.69) is 34.1 Å². The lowest BCUT2D eigenvalue weighted by Gasteiger charge is -2.12. The highest BCUT2D eigenvalue weighted by molar-refractivity contribution is 9.10. The van der Waals surface area contributed by atoms with Gasteiger partial charge in [-0.3, -0.25) is 0 Å². The zero-order chi connectivity index (χ0) is 14.7. The van der Waals surface area contributed by atoms with Gasteiger partial charge in [0, 0.05) is 18.4 Å². The van der Waals surface area contributed by atoms with Crippen LogP contribution in [0.4, 0.5) is 0 Å². The van der Waals surface area contributed by atoms with E-state index in [0.717, 1.165) is 41.0 Å². The van der Waals surface area contributed by atoms with E-state index in [0.29, 0.717) is 12.5 Å². The Morgan fingerprint density at radius 3 is 3.00 bits per heavy atom. The maximum absolute atomic E-state index is 5.95. The molecule has 0 N–H and O–H groups in total. The molecule has 0 aliphatic carbocycles. The highest BCUT2D eigenvalue weighted by atomic mass is 79.9. The van der Waals surface area contributed by atoms with Crippen LogP contribution in [0, 0.1) is 0 Å². The monoisotopic (exact) mass is 366 g/mol. The first-order chi connectivity index (χ1) is 10.3. The second-order valence-corrected chi connectivity index (χ2v) is 6.12. The highest BCUT2D eigenvalue weighted by Gasteiger charge is 2.12. The molecular weight excluding hydrogens is 352 g/mol. The van der Waals surface area contributed by atoms with Gasteiger partial charge in [-0.05, 0) is 39.2 Å². The van der Waals surface area contributed by atoms with Gasteiger partial charge in [0.1, 0.15) is 11.5 Å². The summed E-state index contributed by atoms with van der Waals surface area (Å²) in [7, 11) is 0. The molecule has 0 radical (unpaired) electrons. The average Bonchev–Trinajstić information content (AvgIpc) is 2.96. The van der Waals surface area contributed by atoms with Crippen LogP contribution >= 0.6 is 27.5 Å². The van der Waals surface area contributed by atoms with Crippen molar-refractivity contribution in [3.05, 3.63) is 57.6 Å². The fraction of sp³-hybridized carbons (Fsp3) is 0.294. The van der Waals surface area contributed by atoms with Gasteiger partial charge in [-0.1, -0.05) is 24.3 Å². The van der Waals surface area contributed by atoms with Crippen molar-refractivity contribution in [2.45, 2.75) is 18.7 Å². The predicted octanol–water partition coefficient (Wildman–Crippen LogP) is 4.74. The van der Waals surface area contributed by atoms with Crippen molar-refractivity contribution in [2.24, 2.45) is 0 Å². The Bertz CT molecular complexity index is 643. The van der Waals surface area contributed by atoms with Crippen LogP contribution in [0.5, 0.6) is 11.5 Å². The van der Waals surface area contributed by atoms with Crippen LogP contribution in [-0.2, 0) is 18.7 Å². The second kappa shape index (κ2) is 6.71. The van der Waals surface area contributed by atoms with E-state index in [9.17, 15) is 0 Å². The van der Waals surface area contributed by atoms with Gasteiger partial charge in [-0.25, -0.2) is 0 Å². The molecule has 4 heteroatoms. The molecule has 0 spiro atoms. The van der Waals surface area contributed by atoms with Crippen LogP contribution in [0.15, 0.2) is 40.9 Å². The van der Waals surface area contributed by atoms with Gasteiger partial charge in [0.05, 0.1) is 23.6 Å². The Hall–Kier alpha value is -1.19. The maximum Gasteiger partial charge on any atom is 0.137 e. The number of hydrogen-bond donors (Lipinski definition) is 0. The number of rotatable bonds is 5. The topological polar surface area (TPSA) is 18.5 Å². The fourth-order valence-electron chi connectivity index (χ4n) is 2.49. The third kappa shape index (κ3) is 3.35. The largest absolute Gasteiger partial charge is 0.493 e. The van der Waals surface area contributed by atoms with Gasteiger partial charge in [-0.2, -0.15) is 0 Å². The third-order valence-corrected chi connectivity index (χ3v) is 4.50. The van der Waals surface area contributed by atoms with Gasteiger partial charge in [0.25, 0.3) is 0 Å². The van der Waals surface area contributed by atoms with E-state index in [-0.39, 0.29) is 0 Å². The molecule has 3 rings (SSSR count). The molecule has 0 fully saturated rings. The summed E-state index contributed by atoms with van der Waals surface area (Å²) < 4.78 is 12.4. The Labute approximate surface area is 138 Å². The molecule has 110 valence electrons. The molecule has 2 nitrogen and oxygen atoms in total. The van der Waals surface area contributed by atoms with E-state index in [1.165, 1.54) is 11.1 Å². The van der Waals surface area contributed by atoms with Crippen molar-refractivity contribution in [1.29, 1.82) is 0 Å². The number of halogens is 2. The summed E-state index contributed by atoms with van der Waals surface area (Å²) in [6.45, 7) is 1.43. The number of ether oxygens (including phenoxy) is 2. The maximum atomic E-state index is 5.95. The Morgan fingerprint density at radius 2 is 2.14 bits per heavy atom. The standard InChI is InChI=1S/C17H16BrClO2/c18-15-3-1-2-14(11-19)17(15)21-8-6-12-4-5-16-13(10-12)7-9-20-16/h1-5,10H,6-9,11H2. The molecule has 2 aromatic carbocycles. The number of hydrogen-bond acceptors (Lipinski definition) is 2. The molecule has 0 aromatic heterocycles. The molecule has 0 atom stereocenters. The number of para-hydroxylation sites is 1. The predicted molar refractivity (Wildman–Crippen MR) is 88.5 cm³/mol. The summed E-state index contributed by atoms with van der Waals surface area (Å²) in [6, 6.07) is 12.3. The first kappa shape index (κ1) is 14.7. The Kier molecular flexibility index (Phi) is 4.71. The van der Waals surface area contributed by atoms with Gasteiger partial charge in [0.15, 0.2) is 0 Å². The molecule has 21 heavy (non-hydrogen) atoms. The fourth-order valence-corrected chi connectivity index (χ4v) is 3.22. The molecule has 1 aliphatic rings. The Morgan fingerprint density at radius 1 is 1.24 bits per heavy atom. The zero-order valence-corrected chi connectivity index (χ0v) is 13.9.